The summed E-state index contributed by atoms with van der Waals surface area (Å²) in [7, 11) is 0. The van der Waals surface area contributed by atoms with Crippen LogP contribution in [0.1, 0.15) is 64.3 Å². The molecule has 0 spiro atoms. The molecule has 0 saturated heterocycles. The molecule has 0 radical (unpaired) electrons. The predicted octanol–water partition coefficient (Wildman–Crippen LogP) is 2.68. The fourth-order valence-electron chi connectivity index (χ4n) is 2.55. The minimum absolute atomic E-state index is 0.0516. The maximum atomic E-state index is 9.85. The first-order chi connectivity index (χ1) is 9.04. The van der Waals surface area contributed by atoms with Crippen molar-refractivity contribution >= 4 is 0 Å². The lowest BCUT2D eigenvalue weighted by atomic mass is 9.91. The quantitative estimate of drug-likeness (QED) is 0.823. The Hall–Kier alpha value is -0.940. The van der Waals surface area contributed by atoms with Gasteiger partial charge >= 0.3 is 0 Å². The maximum absolute atomic E-state index is 9.85. The van der Waals surface area contributed by atoms with Crippen molar-refractivity contribution in [3.8, 4) is 0 Å². The molecular weight excluding hydrogens is 244 g/mol. The van der Waals surface area contributed by atoms with E-state index in [2.05, 4.69) is 10.1 Å². The predicted molar refractivity (Wildman–Crippen MR) is 70.6 cm³/mol. The van der Waals surface area contributed by atoms with Crippen molar-refractivity contribution in [2.75, 3.05) is 6.61 Å². The number of hydrogen-bond donors (Lipinski definition) is 1. The minimum Gasteiger partial charge on any atom is -0.393 e. The molecule has 1 aliphatic rings. The second kappa shape index (κ2) is 6.01. The topological polar surface area (TPSA) is 68.4 Å². The third-order valence-corrected chi connectivity index (χ3v) is 3.63. The number of rotatable bonds is 7. The Labute approximate surface area is 114 Å². The van der Waals surface area contributed by atoms with Gasteiger partial charge in [-0.2, -0.15) is 4.98 Å². The minimum atomic E-state index is -0.500. The van der Waals surface area contributed by atoms with Crippen LogP contribution >= 0.6 is 0 Å². The molecule has 0 bridgehead atoms. The maximum Gasteiger partial charge on any atom is 0.232 e. The van der Waals surface area contributed by atoms with Crippen LogP contribution in [0, 0.1) is 11.8 Å². The number of ether oxygens (including phenoxy) is 1. The number of aromatic nitrogens is 2. The smallest absolute Gasteiger partial charge is 0.232 e. The van der Waals surface area contributed by atoms with Crippen LogP contribution in [0.4, 0.5) is 0 Å². The molecule has 1 aromatic rings. The highest BCUT2D eigenvalue weighted by atomic mass is 16.5. The largest absolute Gasteiger partial charge is 0.393 e. The standard InChI is InChI=1S/C14H24N2O3/c1-5-18-12(10-6-7-10)13-15-14(19-16-13)11(8(2)3)9(4)17/h8-12,17H,5-7H2,1-4H3. The first-order valence-electron chi connectivity index (χ1n) is 7.17. The lowest BCUT2D eigenvalue weighted by molar-refractivity contribution is 0.0384. The van der Waals surface area contributed by atoms with E-state index in [9.17, 15) is 5.11 Å². The van der Waals surface area contributed by atoms with Crippen LogP contribution in [0.25, 0.3) is 0 Å². The van der Waals surface area contributed by atoms with Gasteiger partial charge in [-0.15, -0.1) is 0 Å². The molecule has 1 saturated carbocycles. The van der Waals surface area contributed by atoms with Gasteiger partial charge in [-0.3, -0.25) is 0 Å². The molecule has 5 heteroatoms. The van der Waals surface area contributed by atoms with Crippen molar-refractivity contribution in [1.29, 1.82) is 0 Å². The molecule has 108 valence electrons. The molecule has 0 aliphatic heterocycles. The number of aliphatic hydroxyl groups is 1. The highest BCUT2D eigenvalue weighted by Crippen LogP contribution is 2.42. The van der Waals surface area contributed by atoms with E-state index >= 15 is 0 Å². The Bertz CT molecular complexity index is 391. The third kappa shape index (κ3) is 3.34. The van der Waals surface area contributed by atoms with E-state index in [1.807, 2.05) is 20.8 Å². The second-order valence-electron chi connectivity index (χ2n) is 5.71. The Morgan fingerprint density at radius 3 is 2.53 bits per heavy atom. The van der Waals surface area contributed by atoms with E-state index in [1.54, 1.807) is 6.92 Å². The normalized spacial score (nSPS) is 20.5. The van der Waals surface area contributed by atoms with Gasteiger partial charge in [0.1, 0.15) is 6.10 Å². The average Bonchev–Trinajstić information content (AvgIpc) is 3.05. The summed E-state index contributed by atoms with van der Waals surface area (Å²) in [6.45, 7) is 8.47. The zero-order valence-corrected chi connectivity index (χ0v) is 12.2. The molecule has 1 aliphatic carbocycles. The molecular formula is C14H24N2O3. The molecule has 0 aromatic carbocycles. The van der Waals surface area contributed by atoms with Gasteiger partial charge in [-0.1, -0.05) is 19.0 Å². The van der Waals surface area contributed by atoms with Crippen LogP contribution in [0.5, 0.6) is 0 Å². The molecule has 19 heavy (non-hydrogen) atoms. The highest BCUT2D eigenvalue weighted by Gasteiger charge is 2.37. The molecule has 2 rings (SSSR count). The van der Waals surface area contributed by atoms with E-state index in [1.165, 1.54) is 12.8 Å². The molecule has 1 heterocycles. The SMILES string of the molecule is CCOC(c1noc(C(C(C)C)C(C)O)n1)C1CC1. The summed E-state index contributed by atoms with van der Waals surface area (Å²) >= 11 is 0. The van der Waals surface area contributed by atoms with Crippen LogP contribution in [-0.4, -0.2) is 28.0 Å². The Morgan fingerprint density at radius 1 is 1.37 bits per heavy atom. The van der Waals surface area contributed by atoms with Crippen LogP contribution in [0.3, 0.4) is 0 Å². The lowest BCUT2D eigenvalue weighted by Crippen LogP contribution is -2.20. The Balaban J connectivity index is 2.16. The lowest BCUT2D eigenvalue weighted by Gasteiger charge is -2.19. The summed E-state index contributed by atoms with van der Waals surface area (Å²) in [5, 5.41) is 13.9. The van der Waals surface area contributed by atoms with Gasteiger partial charge in [-0.05, 0) is 38.5 Å². The molecule has 1 aromatic heterocycles. The van der Waals surface area contributed by atoms with Crippen molar-refractivity contribution < 1.29 is 14.4 Å². The highest BCUT2D eigenvalue weighted by molar-refractivity contribution is 5.03. The Morgan fingerprint density at radius 2 is 2.05 bits per heavy atom. The monoisotopic (exact) mass is 268 g/mol. The Kier molecular flexibility index (Phi) is 4.58. The molecule has 0 amide bonds. The van der Waals surface area contributed by atoms with Crippen LogP contribution in [-0.2, 0) is 4.74 Å². The molecule has 1 N–H and O–H groups in total. The molecule has 5 nitrogen and oxygen atoms in total. The fraction of sp³-hybridized carbons (Fsp3) is 0.857. The van der Waals surface area contributed by atoms with Gasteiger partial charge in [0.05, 0.1) is 12.0 Å². The van der Waals surface area contributed by atoms with Gasteiger partial charge < -0.3 is 14.4 Å². The van der Waals surface area contributed by atoms with E-state index in [0.717, 1.165) is 0 Å². The summed E-state index contributed by atoms with van der Waals surface area (Å²) in [5.74, 6) is 1.80. The van der Waals surface area contributed by atoms with E-state index in [-0.39, 0.29) is 17.9 Å². The average molecular weight is 268 g/mol. The summed E-state index contributed by atoms with van der Waals surface area (Å²) in [6.07, 6.45) is 1.78. The van der Waals surface area contributed by atoms with Crippen molar-refractivity contribution in [1.82, 2.24) is 10.1 Å². The summed E-state index contributed by atoms with van der Waals surface area (Å²) in [4.78, 5) is 4.47. The zero-order valence-electron chi connectivity index (χ0n) is 12.2. The van der Waals surface area contributed by atoms with Crippen LogP contribution < -0.4 is 0 Å². The van der Waals surface area contributed by atoms with Gasteiger partial charge in [0, 0.05) is 6.61 Å². The molecule has 3 unspecified atom stereocenters. The van der Waals surface area contributed by atoms with Crippen molar-refractivity contribution in [3.63, 3.8) is 0 Å². The van der Waals surface area contributed by atoms with Gasteiger partial charge in [0.25, 0.3) is 0 Å². The summed E-state index contributed by atoms with van der Waals surface area (Å²) in [5.41, 5.74) is 0. The second-order valence-corrected chi connectivity index (χ2v) is 5.71. The number of aliphatic hydroxyl groups excluding tert-OH is 1. The van der Waals surface area contributed by atoms with Crippen molar-refractivity contribution in [2.24, 2.45) is 11.8 Å². The first kappa shape index (κ1) is 14.5. The summed E-state index contributed by atoms with van der Waals surface area (Å²) in [6, 6.07) is 0. The van der Waals surface area contributed by atoms with Crippen LogP contribution in [0.15, 0.2) is 4.52 Å². The van der Waals surface area contributed by atoms with E-state index < -0.39 is 6.10 Å². The van der Waals surface area contributed by atoms with Gasteiger partial charge in [0.15, 0.2) is 0 Å². The first-order valence-corrected chi connectivity index (χ1v) is 7.17. The van der Waals surface area contributed by atoms with Gasteiger partial charge in [0.2, 0.25) is 11.7 Å². The fourth-order valence-corrected chi connectivity index (χ4v) is 2.55. The van der Waals surface area contributed by atoms with Crippen molar-refractivity contribution in [3.05, 3.63) is 11.7 Å². The van der Waals surface area contributed by atoms with E-state index in [4.69, 9.17) is 9.26 Å². The summed E-state index contributed by atoms with van der Waals surface area (Å²) < 4.78 is 11.1. The molecule has 3 atom stereocenters. The van der Waals surface area contributed by atoms with Crippen molar-refractivity contribution in [2.45, 2.75) is 58.7 Å². The zero-order chi connectivity index (χ0) is 14.0. The molecule has 1 fully saturated rings. The van der Waals surface area contributed by atoms with Gasteiger partial charge in [-0.25, -0.2) is 0 Å². The van der Waals surface area contributed by atoms with Crippen LogP contribution in [0.2, 0.25) is 0 Å². The number of hydrogen-bond acceptors (Lipinski definition) is 5. The number of nitrogens with zero attached hydrogens (tertiary/aromatic N) is 2. The van der Waals surface area contributed by atoms with E-state index in [0.29, 0.717) is 24.2 Å². The third-order valence-electron chi connectivity index (χ3n) is 3.63.